The summed E-state index contributed by atoms with van der Waals surface area (Å²) in [4.78, 5) is 28.9. The zero-order valence-electron chi connectivity index (χ0n) is 22.1. The number of para-hydroxylation sites is 1. The second-order valence-electron chi connectivity index (χ2n) is 10.2. The van der Waals surface area contributed by atoms with Crippen LogP contribution < -0.4 is 15.4 Å². The summed E-state index contributed by atoms with van der Waals surface area (Å²) >= 11 is 0. The molecule has 198 valence electrons. The largest absolute Gasteiger partial charge is 0.489 e. The van der Waals surface area contributed by atoms with Crippen molar-refractivity contribution in [2.75, 3.05) is 6.54 Å². The van der Waals surface area contributed by atoms with E-state index in [1.807, 2.05) is 85.1 Å². The van der Waals surface area contributed by atoms with Gasteiger partial charge >= 0.3 is 6.09 Å². The fraction of sp³-hybridized carbons (Fsp3) is 0.290. The monoisotopic (exact) mass is 513 g/mol. The fourth-order valence-corrected chi connectivity index (χ4v) is 4.13. The van der Waals surface area contributed by atoms with Gasteiger partial charge in [0.15, 0.2) is 0 Å². The van der Waals surface area contributed by atoms with Crippen LogP contribution >= 0.6 is 0 Å². The molecule has 1 aromatic heterocycles. The molecule has 3 N–H and O–H groups in total. The van der Waals surface area contributed by atoms with E-state index in [2.05, 4.69) is 15.6 Å². The van der Waals surface area contributed by atoms with Gasteiger partial charge in [0, 0.05) is 30.1 Å². The maximum absolute atomic E-state index is 13.2. The number of ether oxygens (including phenoxy) is 2. The normalized spacial score (nSPS) is 12.1. The maximum Gasteiger partial charge on any atom is 0.408 e. The van der Waals surface area contributed by atoms with Gasteiger partial charge in [-0.1, -0.05) is 60.7 Å². The van der Waals surface area contributed by atoms with E-state index in [-0.39, 0.29) is 5.91 Å². The van der Waals surface area contributed by atoms with E-state index < -0.39 is 17.7 Å². The molecular formula is C31H35N3O4. The van der Waals surface area contributed by atoms with Crippen LogP contribution in [0.25, 0.3) is 10.9 Å². The maximum atomic E-state index is 13.2. The fourth-order valence-electron chi connectivity index (χ4n) is 4.13. The van der Waals surface area contributed by atoms with E-state index in [1.54, 1.807) is 20.8 Å². The van der Waals surface area contributed by atoms with Gasteiger partial charge in [0.1, 0.15) is 24.0 Å². The first-order chi connectivity index (χ1) is 18.3. The van der Waals surface area contributed by atoms with Crippen LogP contribution in [0.1, 0.15) is 37.5 Å². The molecule has 0 aliphatic heterocycles. The predicted octanol–water partition coefficient (Wildman–Crippen LogP) is 5.54. The molecular weight excluding hydrogens is 478 g/mol. The number of alkyl carbamates (subject to hydrolysis) is 1. The Labute approximate surface area is 223 Å². The molecule has 2 amide bonds. The van der Waals surface area contributed by atoms with Crippen LogP contribution in [0.5, 0.6) is 5.75 Å². The number of nitrogens with one attached hydrogen (secondary N) is 3. The van der Waals surface area contributed by atoms with Gasteiger partial charge in [-0.3, -0.25) is 4.79 Å². The molecule has 0 bridgehead atoms. The Kier molecular flexibility index (Phi) is 8.69. The molecule has 38 heavy (non-hydrogen) atoms. The van der Waals surface area contributed by atoms with Crippen molar-refractivity contribution >= 4 is 22.9 Å². The molecule has 4 aromatic rings. The molecule has 1 heterocycles. The van der Waals surface area contributed by atoms with Crippen LogP contribution in [0.15, 0.2) is 85.1 Å². The van der Waals surface area contributed by atoms with E-state index in [9.17, 15) is 9.59 Å². The summed E-state index contributed by atoms with van der Waals surface area (Å²) in [5, 5.41) is 6.75. The lowest BCUT2D eigenvalue weighted by Gasteiger charge is -2.23. The predicted molar refractivity (Wildman–Crippen MR) is 149 cm³/mol. The first kappa shape index (κ1) is 26.8. The molecule has 0 fully saturated rings. The Morgan fingerprint density at radius 2 is 1.61 bits per heavy atom. The Morgan fingerprint density at radius 1 is 0.895 bits per heavy atom. The van der Waals surface area contributed by atoms with E-state index in [0.29, 0.717) is 26.0 Å². The molecule has 0 saturated carbocycles. The third kappa shape index (κ3) is 7.87. The number of carbonyl (C=O) groups excluding carboxylic acids is 2. The second kappa shape index (κ2) is 12.3. The molecule has 0 unspecified atom stereocenters. The summed E-state index contributed by atoms with van der Waals surface area (Å²) in [6.45, 7) is 6.32. The number of hydrogen-bond donors (Lipinski definition) is 3. The van der Waals surface area contributed by atoms with Crippen LogP contribution in [0, 0.1) is 0 Å². The zero-order chi connectivity index (χ0) is 27.0. The number of carbonyl (C=O) groups is 2. The summed E-state index contributed by atoms with van der Waals surface area (Å²) in [6, 6.07) is 25.0. The molecule has 4 rings (SSSR count). The van der Waals surface area contributed by atoms with Crippen molar-refractivity contribution < 1.29 is 19.1 Å². The van der Waals surface area contributed by atoms with Crippen LogP contribution in [-0.4, -0.2) is 35.2 Å². The number of benzene rings is 3. The Morgan fingerprint density at radius 3 is 2.34 bits per heavy atom. The van der Waals surface area contributed by atoms with Crippen LogP contribution in [-0.2, 0) is 29.0 Å². The minimum absolute atomic E-state index is 0.260. The summed E-state index contributed by atoms with van der Waals surface area (Å²) in [7, 11) is 0. The number of amides is 2. The van der Waals surface area contributed by atoms with Crippen molar-refractivity contribution in [3.63, 3.8) is 0 Å². The van der Waals surface area contributed by atoms with Gasteiger partial charge in [0.2, 0.25) is 5.91 Å². The molecule has 0 aliphatic rings. The van der Waals surface area contributed by atoms with E-state index >= 15 is 0 Å². The van der Waals surface area contributed by atoms with Crippen LogP contribution in [0.3, 0.4) is 0 Å². The van der Waals surface area contributed by atoms with Crippen molar-refractivity contribution in [3.8, 4) is 5.75 Å². The quantitative estimate of drug-likeness (QED) is 0.260. The number of hydrogen-bond acceptors (Lipinski definition) is 4. The van der Waals surface area contributed by atoms with E-state index in [4.69, 9.17) is 9.47 Å². The lowest BCUT2D eigenvalue weighted by molar-refractivity contribution is -0.123. The molecule has 7 heteroatoms. The second-order valence-corrected chi connectivity index (χ2v) is 10.2. The van der Waals surface area contributed by atoms with E-state index in [0.717, 1.165) is 33.3 Å². The highest BCUT2D eigenvalue weighted by atomic mass is 16.6. The standard InChI is InChI=1S/C31H35N3O4/c1-31(2,3)38-30(36)34-28(19-24-20-33-27-12-8-7-11-26(24)27)29(35)32-18-17-22-13-15-25(16-14-22)37-21-23-9-5-4-6-10-23/h4-16,20,28,33H,17-19,21H2,1-3H3,(H,32,35)(H,34,36)/t28-/m0/s1. The smallest absolute Gasteiger partial charge is 0.408 e. The first-order valence-electron chi connectivity index (χ1n) is 12.8. The SMILES string of the molecule is CC(C)(C)OC(=O)N[C@@H](Cc1c[nH]c2ccccc12)C(=O)NCCc1ccc(OCc2ccccc2)cc1. The third-order valence-corrected chi connectivity index (χ3v) is 5.99. The Bertz CT molecular complexity index is 1340. The molecule has 7 nitrogen and oxygen atoms in total. The topological polar surface area (TPSA) is 92.5 Å². The van der Waals surface area contributed by atoms with Crippen molar-refractivity contribution in [1.82, 2.24) is 15.6 Å². The van der Waals surface area contributed by atoms with Gasteiger partial charge in [-0.25, -0.2) is 4.79 Å². The van der Waals surface area contributed by atoms with Gasteiger partial charge in [0.25, 0.3) is 0 Å². The number of fused-ring (bicyclic) bond motifs is 1. The highest BCUT2D eigenvalue weighted by Crippen LogP contribution is 2.20. The van der Waals surface area contributed by atoms with Gasteiger partial charge < -0.3 is 25.1 Å². The van der Waals surface area contributed by atoms with Gasteiger partial charge in [0.05, 0.1) is 0 Å². The number of aromatic nitrogens is 1. The lowest BCUT2D eigenvalue weighted by atomic mass is 10.0. The highest BCUT2D eigenvalue weighted by molar-refractivity contribution is 5.88. The van der Waals surface area contributed by atoms with Crippen molar-refractivity contribution in [3.05, 3.63) is 102 Å². The van der Waals surface area contributed by atoms with E-state index in [1.165, 1.54) is 0 Å². The molecule has 3 aromatic carbocycles. The average Bonchev–Trinajstić information content (AvgIpc) is 3.30. The summed E-state index contributed by atoms with van der Waals surface area (Å²) in [5.41, 5.74) is 3.45. The summed E-state index contributed by atoms with van der Waals surface area (Å²) in [6.07, 6.45) is 2.24. The molecule has 0 saturated heterocycles. The van der Waals surface area contributed by atoms with Crippen molar-refractivity contribution in [1.29, 1.82) is 0 Å². The van der Waals surface area contributed by atoms with Crippen LogP contribution in [0.2, 0.25) is 0 Å². The zero-order valence-corrected chi connectivity index (χ0v) is 22.1. The summed E-state index contributed by atoms with van der Waals surface area (Å²) < 4.78 is 11.3. The molecule has 0 radical (unpaired) electrons. The van der Waals surface area contributed by atoms with Gasteiger partial charge in [-0.05, 0) is 62.1 Å². The lowest BCUT2D eigenvalue weighted by Crippen LogP contribution is -2.49. The molecule has 0 spiro atoms. The third-order valence-electron chi connectivity index (χ3n) is 5.99. The highest BCUT2D eigenvalue weighted by Gasteiger charge is 2.25. The number of H-pyrrole nitrogens is 1. The van der Waals surface area contributed by atoms with Crippen molar-refractivity contribution in [2.45, 2.75) is 51.9 Å². The summed E-state index contributed by atoms with van der Waals surface area (Å²) in [5.74, 6) is 0.533. The minimum Gasteiger partial charge on any atom is -0.489 e. The number of aromatic amines is 1. The molecule has 1 atom stereocenters. The van der Waals surface area contributed by atoms with Crippen LogP contribution in [0.4, 0.5) is 4.79 Å². The number of rotatable bonds is 10. The van der Waals surface area contributed by atoms with Gasteiger partial charge in [-0.15, -0.1) is 0 Å². The van der Waals surface area contributed by atoms with Gasteiger partial charge in [-0.2, -0.15) is 0 Å². The minimum atomic E-state index is -0.780. The Hall–Kier alpha value is -4.26. The molecule has 0 aliphatic carbocycles. The Balaban J connectivity index is 1.33. The van der Waals surface area contributed by atoms with Crippen molar-refractivity contribution in [2.24, 2.45) is 0 Å². The first-order valence-corrected chi connectivity index (χ1v) is 12.8. The average molecular weight is 514 g/mol.